The van der Waals surface area contributed by atoms with Crippen LogP contribution in [-0.4, -0.2) is 31.7 Å². The zero-order valence-corrected chi connectivity index (χ0v) is 10.9. The molecule has 1 aliphatic heterocycles. The highest BCUT2D eigenvalue weighted by Crippen LogP contribution is 2.06. The summed E-state index contributed by atoms with van der Waals surface area (Å²) in [5, 5.41) is 9.40. The molecule has 3 N–H and O–H groups in total. The van der Waals surface area contributed by atoms with Crippen LogP contribution in [0.5, 0.6) is 0 Å². The van der Waals surface area contributed by atoms with Gasteiger partial charge in [-0.25, -0.2) is 0 Å². The Morgan fingerprint density at radius 3 is 2.72 bits per heavy atom. The molecule has 1 aromatic heterocycles. The van der Waals surface area contributed by atoms with Gasteiger partial charge in [0.25, 0.3) is 0 Å². The van der Waals surface area contributed by atoms with Crippen LogP contribution in [0.15, 0.2) is 26.5 Å². The van der Waals surface area contributed by atoms with E-state index in [0.717, 1.165) is 29.9 Å². The van der Waals surface area contributed by atoms with Crippen LogP contribution in [0.3, 0.4) is 0 Å². The molecule has 0 spiro atoms. The summed E-state index contributed by atoms with van der Waals surface area (Å²) < 4.78 is 5.49. The lowest BCUT2D eigenvalue weighted by Gasteiger charge is -2.27. The average molecular weight is 249 g/mol. The molecule has 0 aliphatic carbocycles. The monoisotopic (exact) mass is 249 g/mol. The Hall–Kier alpha value is -1.98. The van der Waals surface area contributed by atoms with Crippen molar-refractivity contribution in [3.63, 3.8) is 0 Å². The largest absolute Gasteiger partial charge is 0.466 e. The first kappa shape index (κ1) is 12.5. The summed E-state index contributed by atoms with van der Waals surface area (Å²) in [5.74, 6) is 3.37. The minimum absolute atomic E-state index is 0.120. The van der Waals surface area contributed by atoms with Crippen LogP contribution < -0.4 is 16.0 Å². The number of aliphatic imine (C=N–C) groups is 2. The standard InChI is InChI=1S/C12H19N5O/c1-8-4-5-10(18-8)6-7-14-12-16-9(2)15-11(13-3)17-12/h4-5,9H,6-7H2,1-3H3,(H3,13,14,15,16,17). The third-order valence-corrected chi connectivity index (χ3v) is 2.59. The molecule has 1 fully saturated rings. The second-order valence-corrected chi connectivity index (χ2v) is 4.20. The summed E-state index contributed by atoms with van der Waals surface area (Å²) in [6.07, 6.45) is 0.913. The molecule has 1 aromatic rings. The van der Waals surface area contributed by atoms with Gasteiger partial charge in [0.05, 0.1) is 6.17 Å². The van der Waals surface area contributed by atoms with E-state index in [2.05, 4.69) is 25.9 Å². The number of furan rings is 1. The number of hydrogen-bond donors (Lipinski definition) is 3. The number of hydrogen-bond acceptors (Lipinski definition) is 3. The first-order chi connectivity index (χ1) is 8.67. The Morgan fingerprint density at radius 2 is 2.06 bits per heavy atom. The maximum Gasteiger partial charge on any atom is 0.199 e. The molecule has 1 atom stereocenters. The van der Waals surface area contributed by atoms with Crippen LogP contribution in [0, 0.1) is 6.92 Å². The van der Waals surface area contributed by atoms with Crippen molar-refractivity contribution in [2.24, 2.45) is 9.98 Å². The van der Waals surface area contributed by atoms with Gasteiger partial charge in [-0.05, 0) is 26.0 Å². The molecule has 18 heavy (non-hydrogen) atoms. The number of aryl methyl sites for hydroxylation is 1. The second kappa shape index (κ2) is 5.57. The lowest BCUT2D eigenvalue weighted by molar-refractivity contribution is 0.484. The molecule has 98 valence electrons. The van der Waals surface area contributed by atoms with Crippen molar-refractivity contribution in [1.82, 2.24) is 16.0 Å². The van der Waals surface area contributed by atoms with Gasteiger partial charge in [0, 0.05) is 20.0 Å². The fourth-order valence-corrected chi connectivity index (χ4v) is 1.73. The molecule has 6 heteroatoms. The first-order valence-electron chi connectivity index (χ1n) is 6.04. The van der Waals surface area contributed by atoms with Gasteiger partial charge in [-0.3, -0.25) is 15.3 Å². The van der Waals surface area contributed by atoms with Gasteiger partial charge in [-0.2, -0.15) is 0 Å². The van der Waals surface area contributed by atoms with E-state index in [1.54, 1.807) is 7.05 Å². The third-order valence-electron chi connectivity index (χ3n) is 2.59. The number of nitrogens with zero attached hydrogens (tertiary/aromatic N) is 2. The average Bonchev–Trinajstić information content (AvgIpc) is 2.74. The van der Waals surface area contributed by atoms with E-state index in [0.29, 0.717) is 6.54 Å². The summed E-state index contributed by atoms with van der Waals surface area (Å²) in [6.45, 7) is 4.63. The molecule has 0 amide bonds. The van der Waals surface area contributed by atoms with Crippen molar-refractivity contribution in [3.8, 4) is 0 Å². The zero-order valence-electron chi connectivity index (χ0n) is 10.9. The van der Waals surface area contributed by atoms with Crippen LogP contribution in [-0.2, 0) is 6.42 Å². The topological polar surface area (TPSA) is 74.0 Å². The first-order valence-corrected chi connectivity index (χ1v) is 6.04. The quantitative estimate of drug-likeness (QED) is 0.733. The molecular weight excluding hydrogens is 230 g/mol. The van der Waals surface area contributed by atoms with Crippen LogP contribution in [0.2, 0.25) is 0 Å². The Kier molecular flexibility index (Phi) is 3.86. The van der Waals surface area contributed by atoms with Crippen molar-refractivity contribution >= 4 is 11.9 Å². The number of rotatable bonds is 3. The van der Waals surface area contributed by atoms with Crippen LogP contribution in [0.4, 0.5) is 0 Å². The second-order valence-electron chi connectivity index (χ2n) is 4.20. The van der Waals surface area contributed by atoms with E-state index in [-0.39, 0.29) is 6.17 Å². The highest BCUT2D eigenvalue weighted by atomic mass is 16.3. The predicted molar refractivity (Wildman–Crippen MR) is 71.7 cm³/mol. The minimum Gasteiger partial charge on any atom is -0.466 e. The lowest BCUT2D eigenvalue weighted by atomic mass is 10.3. The van der Waals surface area contributed by atoms with E-state index >= 15 is 0 Å². The predicted octanol–water partition coefficient (Wildman–Crippen LogP) is 0.601. The highest BCUT2D eigenvalue weighted by molar-refractivity contribution is 6.00. The Labute approximate surface area is 107 Å². The molecule has 2 rings (SSSR count). The third kappa shape index (κ3) is 3.26. The summed E-state index contributed by atoms with van der Waals surface area (Å²) in [6, 6.07) is 3.95. The van der Waals surface area contributed by atoms with Crippen molar-refractivity contribution in [1.29, 1.82) is 0 Å². The summed E-state index contributed by atoms with van der Waals surface area (Å²) in [4.78, 5) is 8.52. The molecule has 0 saturated carbocycles. The normalized spacial score (nSPS) is 23.6. The van der Waals surface area contributed by atoms with Gasteiger partial charge in [0.15, 0.2) is 11.9 Å². The molecule has 0 aromatic carbocycles. The Bertz CT molecular complexity index is 463. The van der Waals surface area contributed by atoms with E-state index in [4.69, 9.17) is 4.42 Å². The fraction of sp³-hybridized carbons (Fsp3) is 0.500. The molecule has 1 unspecified atom stereocenters. The van der Waals surface area contributed by atoms with Gasteiger partial charge in [0.1, 0.15) is 11.5 Å². The Balaban J connectivity index is 1.88. The molecule has 1 aliphatic rings. The highest BCUT2D eigenvalue weighted by Gasteiger charge is 2.14. The van der Waals surface area contributed by atoms with Crippen molar-refractivity contribution in [2.45, 2.75) is 26.4 Å². The molecule has 1 saturated heterocycles. The van der Waals surface area contributed by atoms with Gasteiger partial charge in [-0.15, -0.1) is 0 Å². The summed E-state index contributed by atoms with van der Waals surface area (Å²) in [5.41, 5.74) is 0. The van der Waals surface area contributed by atoms with Crippen LogP contribution >= 0.6 is 0 Å². The fourth-order valence-electron chi connectivity index (χ4n) is 1.73. The lowest BCUT2D eigenvalue weighted by Crippen LogP contribution is -2.61. The van der Waals surface area contributed by atoms with Crippen LogP contribution in [0.1, 0.15) is 18.4 Å². The van der Waals surface area contributed by atoms with Gasteiger partial charge < -0.3 is 15.1 Å². The van der Waals surface area contributed by atoms with E-state index in [9.17, 15) is 0 Å². The van der Waals surface area contributed by atoms with Crippen molar-refractivity contribution in [3.05, 3.63) is 23.7 Å². The minimum atomic E-state index is 0.120. The Morgan fingerprint density at radius 1 is 1.28 bits per heavy atom. The van der Waals surface area contributed by atoms with E-state index < -0.39 is 0 Å². The smallest absolute Gasteiger partial charge is 0.199 e. The van der Waals surface area contributed by atoms with Crippen molar-refractivity contribution < 1.29 is 4.42 Å². The van der Waals surface area contributed by atoms with Gasteiger partial charge in [0.2, 0.25) is 0 Å². The van der Waals surface area contributed by atoms with E-state index in [1.165, 1.54) is 0 Å². The maximum absolute atomic E-state index is 5.49. The van der Waals surface area contributed by atoms with Crippen LogP contribution in [0.25, 0.3) is 0 Å². The summed E-state index contributed by atoms with van der Waals surface area (Å²) >= 11 is 0. The molecular formula is C12H19N5O. The number of nitrogens with one attached hydrogen (secondary N) is 3. The maximum atomic E-state index is 5.49. The molecule has 0 radical (unpaired) electrons. The zero-order chi connectivity index (χ0) is 13.0. The number of guanidine groups is 2. The van der Waals surface area contributed by atoms with E-state index in [1.807, 2.05) is 26.0 Å². The van der Waals surface area contributed by atoms with Gasteiger partial charge >= 0.3 is 0 Å². The van der Waals surface area contributed by atoms with Crippen molar-refractivity contribution in [2.75, 3.05) is 13.6 Å². The summed E-state index contributed by atoms with van der Waals surface area (Å²) in [7, 11) is 1.73. The SMILES string of the molecule is CN=C1NC(=NCCc2ccc(C)o2)NC(C)N1. The van der Waals surface area contributed by atoms with Gasteiger partial charge in [-0.1, -0.05) is 0 Å². The molecule has 0 bridgehead atoms. The molecule has 2 heterocycles. The molecule has 6 nitrogen and oxygen atoms in total.